The first-order valence-corrected chi connectivity index (χ1v) is 30.5. The van der Waals surface area contributed by atoms with Gasteiger partial charge < -0.3 is 55.0 Å². The van der Waals surface area contributed by atoms with Crippen LogP contribution in [-0.2, 0) is 9.59 Å². The molecule has 19 heteroatoms. The van der Waals surface area contributed by atoms with Gasteiger partial charge in [-0.15, -0.1) is 21.5 Å². The Morgan fingerprint density at radius 1 is 0.840 bits per heavy atom. The van der Waals surface area contributed by atoms with Crippen molar-refractivity contribution in [3.63, 3.8) is 0 Å². The molecule has 1 unspecified atom stereocenters. The molecule has 18 nitrogen and oxygen atoms in total. The third-order valence-corrected chi connectivity index (χ3v) is 19.5. The number of pyridine rings is 1. The van der Waals surface area contributed by atoms with E-state index in [1.807, 2.05) is 87.9 Å². The minimum atomic E-state index is -0.795. The van der Waals surface area contributed by atoms with Crippen LogP contribution in [0.25, 0.3) is 21.7 Å². The van der Waals surface area contributed by atoms with E-state index in [0.717, 1.165) is 129 Å². The topological polar surface area (TPSA) is 216 Å². The molecule has 81 heavy (non-hydrogen) atoms. The van der Waals surface area contributed by atoms with Gasteiger partial charge in [-0.1, -0.05) is 55.4 Å². The van der Waals surface area contributed by atoms with Gasteiger partial charge in [0.05, 0.1) is 39.6 Å². The van der Waals surface area contributed by atoms with Crippen molar-refractivity contribution in [2.75, 3.05) is 72.8 Å². The fourth-order valence-corrected chi connectivity index (χ4v) is 14.8. The summed E-state index contributed by atoms with van der Waals surface area (Å²) in [5.41, 5.74) is 14.6. The minimum absolute atomic E-state index is 0.0927. The number of ether oxygens (including phenoxy) is 1. The van der Waals surface area contributed by atoms with Crippen molar-refractivity contribution >= 4 is 46.2 Å². The molecule has 6 fully saturated rings. The Bertz CT molecular complexity index is 3140. The summed E-state index contributed by atoms with van der Waals surface area (Å²) in [6, 6.07) is 23.0. The van der Waals surface area contributed by atoms with E-state index in [9.17, 15) is 19.8 Å². The Balaban J connectivity index is 0.564. The van der Waals surface area contributed by atoms with Gasteiger partial charge in [0, 0.05) is 87.4 Å². The van der Waals surface area contributed by atoms with Gasteiger partial charge >= 0.3 is 0 Å². The SMILES string of the molecule is Cc1ncsc1-c1ccc([C@H](C)NC(=O)[C@@H]2C[C@@H](O)CN2C(=O)[C@@H](c2cc(N3CCC(CC4CCN(CC5CC(Oc6cc(N7C8CC[C@@H]7CN(c7cc(-c9ccccc9O)nnc7N)C8)ccn6)C5)CC4)CC3)no2)C(C)C)cc1. The molecule has 2 amide bonds. The van der Waals surface area contributed by atoms with Crippen LogP contribution in [0.3, 0.4) is 0 Å². The zero-order chi connectivity index (χ0) is 55.9. The Morgan fingerprint density at radius 2 is 1.57 bits per heavy atom. The highest BCUT2D eigenvalue weighted by Gasteiger charge is 2.45. The molecule has 428 valence electrons. The maximum Gasteiger partial charge on any atom is 0.243 e. The number of nitrogens with two attached hydrogens (primary N) is 1. The number of thiazole rings is 1. The third kappa shape index (κ3) is 11.8. The number of anilines is 4. The second-order valence-corrected chi connectivity index (χ2v) is 25.2. The van der Waals surface area contributed by atoms with Crippen molar-refractivity contribution in [3.05, 3.63) is 102 Å². The Labute approximate surface area is 479 Å². The molecule has 0 radical (unpaired) electrons. The molecule has 5 aliphatic heterocycles. The van der Waals surface area contributed by atoms with Crippen LogP contribution in [0, 0.1) is 30.6 Å². The van der Waals surface area contributed by atoms with Gasteiger partial charge in [0.15, 0.2) is 17.4 Å². The number of amides is 2. The number of aliphatic hydroxyl groups is 1. The molecule has 9 heterocycles. The molecule has 2 bridgehead atoms. The number of β-amino-alcohol motifs (C(OH)–C–C–N with tert-alkyl or cyclic N) is 1. The van der Waals surface area contributed by atoms with Crippen LogP contribution >= 0.6 is 11.3 Å². The molecule has 12 rings (SSSR count). The number of aliphatic hydroxyl groups excluding tert-OH is 1. The van der Waals surface area contributed by atoms with Gasteiger partial charge in [0.25, 0.3) is 0 Å². The van der Waals surface area contributed by atoms with Crippen molar-refractivity contribution < 1.29 is 29.1 Å². The number of phenolic OH excluding ortho intramolecular Hbond substituents is 1. The molecule has 1 saturated carbocycles. The van der Waals surface area contributed by atoms with E-state index in [-0.39, 0.29) is 48.6 Å². The predicted molar refractivity (Wildman–Crippen MR) is 314 cm³/mol. The number of nitrogen functional groups attached to an aromatic ring is 1. The Hall–Kier alpha value is -6.83. The molecule has 4 aromatic heterocycles. The van der Waals surface area contributed by atoms with Crippen molar-refractivity contribution in [3.8, 4) is 33.3 Å². The summed E-state index contributed by atoms with van der Waals surface area (Å²) in [6.45, 7) is 14.9. The summed E-state index contributed by atoms with van der Waals surface area (Å²) < 4.78 is 12.5. The molecule has 1 aliphatic carbocycles. The van der Waals surface area contributed by atoms with Gasteiger partial charge in [-0.3, -0.25) is 9.59 Å². The number of benzene rings is 2. The fraction of sp³-hybridized carbons (Fsp3) is 0.532. The van der Waals surface area contributed by atoms with Gasteiger partial charge in [-0.2, -0.15) is 0 Å². The average molecular weight is 1120 g/mol. The number of carbonyl (C=O) groups excluding carboxylic acids is 2. The number of fused-ring (bicyclic) bond motifs is 2. The van der Waals surface area contributed by atoms with Crippen molar-refractivity contribution in [2.24, 2.45) is 23.7 Å². The molecule has 6 aliphatic rings. The second-order valence-electron chi connectivity index (χ2n) is 24.4. The largest absolute Gasteiger partial charge is 0.507 e. The first-order chi connectivity index (χ1) is 39.3. The van der Waals surface area contributed by atoms with Gasteiger partial charge in [0.2, 0.25) is 17.7 Å². The van der Waals surface area contributed by atoms with Crippen LogP contribution in [0.4, 0.5) is 23.0 Å². The molecular weight excluding hydrogens is 1040 g/mol. The van der Waals surface area contributed by atoms with E-state index in [1.54, 1.807) is 28.4 Å². The van der Waals surface area contributed by atoms with Crippen molar-refractivity contribution in [1.82, 2.24) is 40.4 Å². The Morgan fingerprint density at radius 3 is 2.27 bits per heavy atom. The number of nitrogens with one attached hydrogen (secondary N) is 1. The third-order valence-electron chi connectivity index (χ3n) is 18.5. The lowest BCUT2D eigenvalue weighted by Gasteiger charge is -2.43. The van der Waals surface area contributed by atoms with E-state index in [1.165, 1.54) is 19.3 Å². The van der Waals surface area contributed by atoms with E-state index in [4.69, 9.17) is 15.0 Å². The lowest BCUT2D eigenvalue weighted by atomic mass is 9.80. The average Bonchev–Trinajstić information content (AvgIpc) is 4.28. The summed E-state index contributed by atoms with van der Waals surface area (Å²) in [7, 11) is 0. The number of carbonyl (C=O) groups is 2. The molecule has 0 spiro atoms. The number of likely N-dealkylation sites (tertiary alicyclic amines) is 2. The second kappa shape index (κ2) is 23.6. The predicted octanol–water partition coefficient (Wildman–Crippen LogP) is 8.86. The van der Waals surface area contributed by atoms with E-state index < -0.39 is 18.1 Å². The number of hydrogen-bond donors (Lipinski definition) is 4. The number of rotatable bonds is 17. The molecule has 5 saturated heterocycles. The van der Waals surface area contributed by atoms with Gasteiger partial charge in [0.1, 0.15) is 23.8 Å². The summed E-state index contributed by atoms with van der Waals surface area (Å²) in [6.07, 6.45) is 11.8. The van der Waals surface area contributed by atoms with Crippen molar-refractivity contribution in [2.45, 2.75) is 134 Å². The number of phenols is 1. The molecular formula is C62H78N12O6S. The number of aryl methyl sites for hydroxylation is 1. The van der Waals surface area contributed by atoms with E-state index in [0.29, 0.717) is 52.6 Å². The monoisotopic (exact) mass is 1120 g/mol. The van der Waals surface area contributed by atoms with Gasteiger partial charge in [-0.25, -0.2) is 9.97 Å². The summed E-state index contributed by atoms with van der Waals surface area (Å²) in [4.78, 5) is 49.8. The first kappa shape index (κ1) is 54.7. The zero-order valence-corrected chi connectivity index (χ0v) is 48.0. The highest BCUT2D eigenvalue weighted by Crippen LogP contribution is 2.42. The first-order valence-electron chi connectivity index (χ1n) is 29.6. The maximum absolute atomic E-state index is 14.4. The van der Waals surface area contributed by atoms with Crippen LogP contribution in [0.5, 0.6) is 11.6 Å². The van der Waals surface area contributed by atoms with Crippen LogP contribution < -0.4 is 30.5 Å². The number of piperidine rings is 2. The molecule has 6 aromatic rings. The standard InChI is InChI=1S/C62H78N12O6S/c1-37(2)58(62(78)73-35-48(75)29-53(73)61(77)66-38(3)43-9-11-44(12-10-43)59-39(4)65-36-81-59)55-31-56(69-80-55)71-23-18-41(19-24-71)25-40-16-21-70(22-17-40)32-42-26-49(27-42)79-57-28-45(15-20-64-57)74-46-13-14-47(74)34-72(33-46)52-30-51(67-68-60(52)63)50-7-5-6-8-54(50)76/h5-12,15,20,28,30-31,36-38,40-42,46-49,53,58,75-76H,13-14,16-19,21-27,29,32-35H2,1-4H3,(H2,63,68)(H,66,77)/t38-,42?,46+,47?,48+,49?,53-,58+/m0/s1. The Kier molecular flexibility index (Phi) is 15.9. The molecule has 2 aromatic carbocycles. The smallest absolute Gasteiger partial charge is 0.243 e. The summed E-state index contributed by atoms with van der Waals surface area (Å²) in [5.74, 6) is 3.36. The van der Waals surface area contributed by atoms with Gasteiger partial charge in [-0.05, 0) is 144 Å². The normalized spacial score (nSPS) is 24.4. The lowest BCUT2D eigenvalue weighted by molar-refractivity contribution is -0.141. The minimum Gasteiger partial charge on any atom is -0.507 e. The zero-order valence-electron chi connectivity index (χ0n) is 47.1. The number of nitrogens with zero attached hydrogens (tertiary/aromatic N) is 10. The lowest BCUT2D eigenvalue weighted by Crippen LogP contribution is -2.54. The van der Waals surface area contributed by atoms with E-state index in [2.05, 4.69) is 62.4 Å². The van der Waals surface area contributed by atoms with Crippen LogP contribution in [0.15, 0.2) is 89.0 Å². The van der Waals surface area contributed by atoms with Crippen LogP contribution in [0.1, 0.15) is 114 Å². The number of aromatic hydroxyl groups is 1. The van der Waals surface area contributed by atoms with Crippen LogP contribution in [0.2, 0.25) is 0 Å². The quantitative estimate of drug-likeness (QED) is 0.0671. The number of hydrogen-bond acceptors (Lipinski definition) is 17. The highest BCUT2D eigenvalue weighted by atomic mass is 32.1. The number of aromatic nitrogens is 5. The number of piperazine rings is 1. The van der Waals surface area contributed by atoms with Crippen LogP contribution in [-0.4, -0.2) is 140 Å². The van der Waals surface area contributed by atoms with Crippen molar-refractivity contribution in [1.29, 1.82) is 0 Å². The molecule has 5 N–H and O–H groups in total. The summed E-state index contributed by atoms with van der Waals surface area (Å²) >= 11 is 1.60. The molecule has 6 atom stereocenters. The fourth-order valence-electron chi connectivity index (χ4n) is 14.0. The van der Waals surface area contributed by atoms with E-state index >= 15 is 0 Å². The number of para-hydroxylation sites is 1. The highest BCUT2D eigenvalue weighted by molar-refractivity contribution is 7.13. The summed E-state index contributed by atoms with van der Waals surface area (Å²) in [5, 5.41) is 37.5. The maximum atomic E-state index is 14.4.